The summed E-state index contributed by atoms with van der Waals surface area (Å²) < 4.78 is 0.787. The minimum Gasteiger partial charge on any atom is -0.309 e. The van der Waals surface area contributed by atoms with Gasteiger partial charge in [-0.3, -0.25) is 4.79 Å². The Kier molecular flexibility index (Phi) is 3.69. The average molecular weight is 297 g/mol. The molecule has 0 aliphatic carbocycles. The maximum atomic E-state index is 11.7. The van der Waals surface area contributed by atoms with Gasteiger partial charge < -0.3 is 5.32 Å². The van der Waals surface area contributed by atoms with Gasteiger partial charge in [0.25, 0.3) is 0 Å². The Morgan fingerprint density at radius 3 is 3.00 bits per heavy atom. The van der Waals surface area contributed by atoms with Crippen LogP contribution in [0.1, 0.15) is 4.88 Å². The summed E-state index contributed by atoms with van der Waals surface area (Å²) in [6, 6.07) is 7.52. The van der Waals surface area contributed by atoms with Crippen LogP contribution in [0.3, 0.4) is 0 Å². The van der Waals surface area contributed by atoms with Gasteiger partial charge in [-0.25, -0.2) is 4.98 Å². The topological polar surface area (TPSA) is 42.0 Å². The summed E-state index contributed by atoms with van der Waals surface area (Å²) in [6.07, 6.45) is 2.03. The van der Waals surface area contributed by atoms with E-state index in [2.05, 4.69) is 26.2 Å². The molecular weight excluding hydrogens is 288 g/mol. The quantitative estimate of drug-likeness (QED) is 0.946. The lowest BCUT2D eigenvalue weighted by molar-refractivity contribution is -0.115. The van der Waals surface area contributed by atoms with E-state index in [-0.39, 0.29) is 5.91 Å². The van der Waals surface area contributed by atoms with Crippen molar-refractivity contribution in [3.8, 4) is 0 Å². The number of halogens is 1. The highest BCUT2D eigenvalue weighted by Gasteiger charge is 2.07. The van der Waals surface area contributed by atoms with E-state index in [4.69, 9.17) is 0 Å². The van der Waals surface area contributed by atoms with Gasteiger partial charge in [-0.1, -0.05) is 6.07 Å². The van der Waals surface area contributed by atoms with Crippen molar-refractivity contribution in [2.45, 2.75) is 6.42 Å². The van der Waals surface area contributed by atoms with E-state index in [0.717, 1.165) is 9.35 Å². The highest BCUT2D eigenvalue weighted by atomic mass is 79.9. The first kappa shape index (κ1) is 11.3. The van der Waals surface area contributed by atoms with E-state index in [1.807, 2.05) is 23.6 Å². The van der Waals surface area contributed by atoms with Crippen molar-refractivity contribution in [1.29, 1.82) is 0 Å². The van der Waals surface area contributed by atoms with Crippen molar-refractivity contribution >= 4 is 39.0 Å². The van der Waals surface area contributed by atoms with Gasteiger partial charge in [-0.15, -0.1) is 11.3 Å². The van der Waals surface area contributed by atoms with E-state index in [1.165, 1.54) is 0 Å². The van der Waals surface area contributed by atoms with Gasteiger partial charge >= 0.3 is 0 Å². The van der Waals surface area contributed by atoms with Crippen molar-refractivity contribution in [2.75, 3.05) is 5.32 Å². The van der Waals surface area contributed by atoms with Crippen LogP contribution in [0.5, 0.6) is 0 Å². The Labute approximate surface area is 106 Å². The summed E-state index contributed by atoms with van der Waals surface area (Å²) >= 11 is 4.90. The van der Waals surface area contributed by atoms with Crippen molar-refractivity contribution in [3.05, 3.63) is 45.2 Å². The third kappa shape index (κ3) is 2.90. The van der Waals surface area contributed by atoms with E-state index >= 15 is 0 Å². The molecule has 0 aliphatic rings. The summed E-state index contributed by atoms with van der Waals surface area (Å²) in [6.45, 7) is 0. The third-order valence-corrected chi connectivity index (χ3v) is 3.45. The average Bonchev–Trinajstić information content (AvgIpc) is 2.74. The first-order valence-electron chi connectivity index (χ1n) is 4.68. The van der Waals surface area contributed by atoms with Crippen LogP contribution in [-0.2, 0) is 11.2 Å². The Morgan fingerprint density at radius 2 is 2.31 bits per heavy atom. The fraction of sp³-hybridized carbons (Fsp3) is 0.0909. The maximum absolute atomic E-state index is 11.7. The summed E-state index contributed by atoms with van der Waals surface area (Å²) in [5, 5.41) is 4.72. The molecule has 0 fully saturated rings. The van der Waals surface area contributed by atoms with Gasteiger partial charge in [0, 0.05) is 11.1 Å². The summed E-state index contributed by atoms with van der Waals surface area (Å²) in [5.74, 6) is 0.505. The largest absolute Gasteiger partial charge is 0.309 e. The number of thiophene rings is 1. The smallest absolute Gasteiger partial charge is 0.230 e. The Morgan fingerprint density at radius 1 is 1.44 bits per heavy atom. The molecule has 0 bridgehead atoms. The minimum absolute atomic E-state index is 0.0538. The molecule has 1 N–H and O–H groups in total. The van der Waals surface area contributed by atoms with Crippen LogP contribution >= 0.6 is 27.3 Å². The molecule has 2 aromatic rings. The van der Waals surface area contributed by atoms with E-state index in [9.17, 15) is 4.79 Å². The molecule has 3 nitrogen and oxygen atoms in total. The Hall–Kier alpha value is -1.20. The zero-order chi connectivity index (χ0) is 11.4. The molecule has 0 saturated heterocycles. The molecule has 0 unspecified atom stereocenters. The number of rotatable bonds is 3. The molecule has 2 rings (SSSR count). The zero-order valence-corrected chi connectivity index (χ0v) is 10.7. The standard InChI is InChI=1S/C11H9BrN2OS/c12-9-4-1-5-13-11(9)14-10(15)7-8-3-2-6-16-8/h1-6H,7H2,(H,13,14,15). The lowest BCUT2D eigenvalue weighted by Crippen LogP contribution is -2.14. The van der Waals surface area contributed by atoms with Gasteiger partial charge in [0.2, 0.25) is 5.91 Å². The van der Waals surface area contributed by atoms with Gasteiger partial charge in [0.05, 0.1) is 10.9 Å². The Balaban J connectivity index is 2.00. The first-order chi connectivity index (χ1) is 7.75. The number of hydrogen-bond acceptors (Lipinski definition) is 3. The number of hydrogen-bond donors (Lipinski definition) is 1. The van der Waals surface area contributed by atoms with Gasteiger partial charge in [-0.2, -0.15) is 0 Å². The predicted octanol–water partition coefficient (Wildman–Crippen LogP) is 3.09. The SMILES string of the molecule is O=C(Cc1cccs1)Nc1ncccc1Br. The number of pyridine rings is 1. The molecule has 82 valence electrons. The van der Waals surface area contributed by atoms with Crippen LogP contribution in [0.25, 0.3) is 0 Å². The van der Waals surface area contributed by atoms with Crippen LogP contribution in [0.4, 0.5) is 5.82 Å². The third-order valence-electron chi connectivity index (χ3n) is 1.93. The van der Waals surface area contributed by atoms with Crippen LogP contribution in [0.2, 0.25) is 0 Å². The number of carbonyl (C=O) groups excluding carboxylic acids is 1. The molecule has 0 aromatic carbocycles. The van der Waals surface area contributed by atoms with Crippen molar-refractivity contribution in [2.24, 2.45) is 0 Å². The first-order valence-corrected chi connectivity index (χ1v) is 6.36. The fourth-order valence-corrected chi connectivity index (χ4v) is 2.28. The number of amides is 1. The molecule has 0 aliphatic heterocycles. The summed E-state index contributed by atoms with van der Waals surface area (Å²) in [5.41, 5.74) is 0. The summed E-state index contributed by atoms with van der Waals surface area (Å²) in [7, 11) is 0. The number of nitrogens with one attached hydrogen (secondary N) is 1. The second-order valence-electron chi connectivity index (χ2n) is 3.14. The number of aromatic nitrogens is 1. The van der Waals surface area contributed by atoms with Crippen molar-refractivity contribution in [3.63, 3.8) is 0 Å². The second-order valence-corrected chi connectivity index (χ2v) is 5.02. The number of nitrogens with zero attached hydrogens (tertiary/aromatic N) is 1. The van der Waals surface area contributed by atoms with Crippen LogP contribution < -0.4 is 5.32 Å². The van der Waals surface area contributed by atoms with Crippen LogP contribution in [0, 0.1) is 0 Å². The van der Waals surface area contributed by atoms with Gasteiger partial charge in [-0.05, 0) is 39.5 Å². The van der Waals surface area contributed by atoms with E-state index < -0.39 is 0 Å². The zero-order valence-electron chi connectivity index (χ0n) is 8.31. The molecule has 0 saturated carbocycles. The maximum Gasteiger partial charge on any atom is 0.230 e. The molecule has 0 atom stereocenters. The van der Waals surface area contributed by atoms with Crippen molar-refractivity contribution < 1.29 is 4.79 Å². The van der Waals surface area contributed by atoms with Crippen LogP contribution in [0.15, 0.2) is 40.3 Å². The molecule has 2 aromatic heterocycles. The second kappa shape index (κ2) is 5.23. The Bertz CT molecular complexity index is 484. The molecule has 1 amide bonds. The summed E-state index contributed by atoms with van der Waals surface area (Å²) in [4.78, 5) is 16.8. The molecule has 5 heteroatoms. The van der Waals surface area contributed by atoms with E-state index in [1.54, 1.807) is 23.6 Å². The molecule has 2 heterocycles. The molecule has 16 heavy (non-hydrogen) atoms. The van der Waals surface area contributed by atoms with Gasteiger partial charge in [0.15, 0.2) is 0 Å². The molecule has 0 radical (unpaired) electrons. The highest BCUT2D eigenvalue weighted by Crippen LogP contribution is 2.18. The fourth-order valence-electron chi connectivity index (χ4n) is 1.23. The van der Waals surface area contributed by atoms with Crippen molar-refractivity contribution in [1.82, 2.24) is 4.98 Å². The highest BCUT2D eigenvalue weighted by molar-refractivity contribution is 9.10. The van der Waals surface area contributed by atoms with Gasteiger partial charge in [0.1, 0.15) is 5.82 Å². The molecular formula is C11H9BrN2OS. The molecule has 0 spiro atoms. The predicted molar refractivity (Wildman–Crippen MR) is 68.6 cm³/mol. The minimum atomic E-state index is -0.0538. The number of carbonyl (C=O) groups is 1. The normalized spacial score (nSPS) is 10.1. The lowest BCUT2D eigenvalue weighted by atomic mass is 10.3. The lowest BCUT2D eigenvalue weighted by Gasteiger charge is -2.04. The van der Waals surface area contributed by atoms with Crippen LogP contribution in [-0.4, -0.2) is 10.9 Å². The monoisotopic (exact) mass is 296 g/mol. The number of anilines is 1. The van der Waals surface area contributed by atoms with E-state index in [0.29, 0.717) is 12.2 Å².